The first-order valence-corrected chi connectivity index (χ1v) is 8.93. The topological polar surface area (TPSA) is 76.1 Å². The normalized spacial score (nSPS) is 16.3. The predicted molar refractivity (Wildman–Crippen MR) is 93.2 cm³/mol. The molecular weight excluding hydrogens is 324 g/mol. The van der Waals surface area contributed by atoms with Gasteiger partial charge in [-0.05, 0) is 38.7 Å². The van der Waals surface area contributed by atoms with Crippen molar-refractivity contribution in [1.82, 2.24) is 20.6 Å². The average molecular weight is 346 g/mol. The van der Waals surface area contributed by atoms with Crippen LogP contribution >= 0.6 is 11.3 Å². The fourth-order valence-corrected chi connectivity index (χ4v) is 3.64. The molecule has 0 bridgehead atoms. The Kier molecular flexibility index (Phi) is 4.99. The first kappa shape index (κ1) is 16.7. The van der Waals surface area contributed by atoms with Crippen LogP contribution < -0.4 is 15.4 Å². The van der Waals surface area contributed by atoms with Gasteiger partial charge in [-0.2, -0.15) is 0 Å². The van der Waals surface area contributed by atoms with Crippen molar-refractivity contribution in [2.75, 3.05) is 7.11 Å². The Labute approximate surface area is 145 Å². The van der Waals surface area contributed by atoms with Gasteiger partial charge in [0.25, 0.3) is 0 Å². The molecule has 2 aromatic rings. The predicted octanol–water partition coefficient (Wildman–Crippen LogP) is 3.37. The van der Waals surface area contributed by atoms with Gasteiger partial charge in [0.15, 0.2) is 0 Å². The molecule has 0 spiro atoms. The van der Waals surface area contributed by atoms with Crippen LogP contribution in [0.4, 0.5) is 4.79 Å². The molecule has 1 fully saturated rings. The number of nitrogens with one attached hydrogen (secondary N) is 2. The maximum absolute atomic E-state index is 12.4. The summed E-state index contributed by atoms with van der Waals surface area (Å²) in [6, 6.07) is 1.48. The summed E-state index contributed by atoms with van der Waals surface area (Å²) in [5, 5.41) is 9.08. The van der Waals surface area contributed by atoms with Crippen molar-refractivity contribution in [2.24, 2.45) is 5.92 Å². The number of thiazole rings is 1. The number of amides is 2. The lowest BCUT2D eigenvalue weighted by Gasteiger charge is -2.20. The highest BCUT2D eigenvalue weighted by molar-refractivity contribution is 7.09. The molecule has 0 saturated heterocycles. The van der Waals surface area contributed by atoms with Crippen molar-refractivity contribution in [1.29, 1.82) is 0 Å². The Bertz CT molecular complexity index is 714. The number of urea groups is 1. The van der Waals surface area contributed by atoms with Crippen LogP contribution in [0.1, 0.15) is 48.1 Å². The van der Waals surface area contributed by atoms with Crippen LogP contribution in [-0.4, -0.2) is 23.1 Å². The largest absolute Gasteiger partial charge is 0.495 e. The van der Waals surface area contributed by atoms with E-state index in [9.17, 15) is 4.79 Å². The second-order valence-corrected chi connectivity index (χ2v) is 6.99. The zero-order valence-electron chi connectivity index (χ0n) is 14.1. The monoisotopic (exact) mass is 346 g/mol. The quantitative estimate of drug-likeness (QED) is 0.841. The van der Waals surface area contributed by atoms with Gasteiger partial charge in [0.2, 0.25) is 0 Å². The van der Waals surface area contributed by atoms with Gasteiger partial charge in [-0.15, -0.1) is 11.3 Å². The fraction of sp³-hybridized carbons (Fsp3) is 0.471. The number of rotatable bonds is 6. The van der Waals surface area contributed by atoms with E-state index in [-0.39, 0.29) is 18.1 Å². The smallest absolute Gasteiger partial charge is 0.315 e. The number of carbonyl (C=O) groups is 1. The summed E-state index contributed by atoms with van der Waals surface area (Å²) < 4.78 is 5.31. The number of nitrogens with zero attached hydrogens (tertiary/aromatic N) is 2. The van der Waals surface area contributed by atoms with Gasteiger partial charge in [-0.3, -0.25) is 4.98 Å². The highest BCUT2D eigenvalue weighted by Crippen LogP contribution is 2.41. The molecule has 0 aromatic carbocycles. The third kappa shape index (κ3) is 3.84. The first-order valence-electron chi connectivity index (χ1n) is 8.05. The first-order chi connectivity index (χ1) is 11.6. The summed E-state index contributed by atoms with van der Waals surface area (Å²) in [6.45, 7) is 3.90. The van der Waals surface area contributed by atoms with Crippen LogP contribution in [0.25, 0.3) is 0 Å². The molecule has 1 aliphatic rings. The number of hydrogen-bond acceptors (Lipinski definition) is 5. The molecule has 2 N–H and O–H groups in total. The van der Waals surface area contributed by atoms with Gasteiger partial charge < -0.3 is 15.4 Å². The van der Waals surface area contributed by atoms with Gasteiger partial charge in [0, 0.05) is 22.8 Å². The molecule has 1 aliphatic carbocycles. The average Bonchev–Trinajstić information content (AvgIpc) is 3.33. The van der Waals surface area contributed by atoms with E-state index < -0.39 is 0 Å². The molecule has 2 atom stereocenters. The van der Waals surface area contributed by atoms with Crippen molar-refractivity contribution in [3.05, 3.63) is 40.1 Å². The lowest BCUT2D eigenvalue weighted by Crippen LogP contribution is -2.40. The van der Waals surface area contributed by atoms with Crippen LogP contribution in [-0.2, 0) is 0 Å². The summed E-state index contributed by atoms with van der Waals surface area (Å²) in [5.74, 6) is 1.16. The van der Waals surface area contributed by atoms with Crippen LogP contribution in [0.5, 0.6) is 5.75 Å². The zero-order chi connectivity index (χ0) is 17.1. The van der Waals surface area contributed by atoms with Gasteiger partial charge in [0.1, 0.15) is 10.8 Å². The van der Waals surface area contributed by atoms with Gasteiger partial charge in [-0.1, -0.05) is 0 Å². The summed E-state index contributed by atoms with van der Waals surface area (Å²) in [7, 11) is 1.60. The molecule has 0 radical (unpaired) electrons. The van der Waals surface area contributed by atoms with E-state index in [1.165, 1.54) is 0 Å². The fourth-order valence-electron chi connectivity index (χ4n) is 2.70. The Morgan fingerprint density at radius 1 is 1.42 bits per heavy atom. The molecule has 3 rings (SSSR count). The van der Waals surface area contributed by atoms with Crippen LogP contribution in [0, 0.1) is 12.8 Å². The van der Waals surface area contributed by atoms with Crippen LogP contribution in [0.3, 0.4) is 0 Å². The molecule has 2 heterocycles. The molecule has 1 saturated carbocycles. The second-order valence-electron chi connectivity index (χ2n) is 6.10. The van der Waals surface area contributed by atoms with E-state index in [4.69, 9.17) is 4.74 Å². The number of ether oxygens (including phenoxy) is 1. The van der Waals surface area contributed by atoms with Crippen molar-refractivity contribution >= 4 is 17.4 Å². The summed E-state index contributed by atoms with van der Waals surface area (Å²) in [6.07, 6.45) is 5.62. The lowest BCUT2D eigenvalue weighted by atomic mass is 10.1. The van der Waals surface area contributed by atoms with Crippen molar-refractivity contribution in [3.63, 3.8) is 0 Å². The third-order valence-corrected chi connectivity index (χ3v) is 5.18. The highest BCUT2D eigenvalue weighted by atomic mass is 32.1. The van der Waals surface area contributed by atoms with Crippen molar-refractivity contribution in [2.45, 2.75) is 38.8 Å². The van der Waals surface area contributed by atoms with Gasteiger partial charge in [-0.25, -0.2) is 9.78 Å². The standard InChI is InChI=1S/C17H22N4O2S/c1-10-9-24-16(19-10)15(12-4-5-12)21-17(22)20-11(2)13-6-7-18-8-14(13)23-3/h6-9,11-12,15H,4-5H2,1-3H3,(H2,20,21,22)/t11-,15+/m0/s1. The number of aromatic nitrogens is 2. The van der Waals surface area contributed by atoms with Crippen molar-refractivity contribution in [3.8, 4) is 5.75 Å². The number of hydrogen-bond donors (Lipinski definition) is 2. The summed E-state index contributed by atoms with van der Waals surface area (Å²) >= 11 is 1.61. The number of methoxy groups -OCH3 is 1. The van der Waals surface area contributed by atoms with E-state index in [0.717, 1.165) is 29.1 Å². The molecule has 128 valence electrons. The van der Waals surface area contributed by atoms with Crippen molar-refractivity contribution < 1.29 is 9.53 Å². The molecule has 2 amide bonds. The van der Waals surface area contributed by atoms with Crippen LogP contribution in [0.15, 0.2) is 23.8 Å². The number of aryl methyl sites for hydroxylation is 1. The second kappa shape index (κ2) is 7.17. The zero-order valence-corrected chi connectivity index (χ0v) is 14.9. The highest BCUT2D eigenvalue weighted by Gasteiger charge is 2.35. The number of pyridine rings is 1. The Morgan fingerprint density at radius 3 is 2.83 bits per heavy atom. The third-order valence-electron chi connectivity index (χ3n) is 4.13. The SMILES string of the molecule is COc1cnccc1[C@H](C)NC(=O)N[C@@H](c1nc(C)cs1)C1CC1. The van der Waals surface area contributed by atoms with Gasteiger partial charge in [0.05, 0.1) is 25.4 Å². The minimum Gasteiger partial charge on any atom is -0.495 e. The number of carbonyl (C=O) groups excluding carboxylic acids is 1. The summed E-state index contributed by atoms with van der Waals surface area (Å²) in [5.41, 5.74) is 1.90. The maximum Gasteiger partial charge on any atom is 0.315 e. The Balaban J connectivity index is 1.65. The van der Waals surface area contributed by atoms with E-state index in [1.54, 1.807) is 30.8 Å². The summed E-state index contributed by atoms with van der Waals surface area (Å²) in [4.78, 5) is 21.0. The minimum absolute atomic E-state index is 0.00441. The molecule has 0 aliphatic heterocycles. The lowest BCUT2D eigenvalue weighted by molar-refractivity contribution is 0.232. The maximum atomic E-state index is 12.4. The van der Waals surface area contributed by atoms with E-state index in [1.807, 2.05) is 25.3 Å². The molecule has 0 unspecified atom stereocenters. The van der Waals surface area contributed by atoms with E-state index >= 15 is 0 Å². The molecule has 6 nitrogen and oxygen atoms in total. The van der Waals surface area contributed by atoms with Gasteiger partial charge >= 0.3 is 6.03 Å². The molecular formula is C17H22N4O2S. The Morgan fingerprint density at radius 2 is 2.21 bits per heavy atom. The van der Waals surface area contributed by atoms with E-state index in [2.05, 4.69) is 20.6 Å². The molecule has 7 heteroatoms. The minimum atomic E-state index is -0.189. The van der Waals surface area contributed by atoms with E-state index in [0.29, 0.717) is 11.7 Å². The van der Waals surface area contributed by atoms with Crippen LogP contribution in [0.2, 0.25) is 0 Å². The molecule has 24 heavy (non-hydrogen) atoms. The molecule has 2 aromatic heterocycles. The Hall–Kier alpha value is -2.15.